The van der Waals surface area contributed by atoms with Gasteiger partial charge in [0.15, 0.2) is 0 Å². The zero-order valence-electron chi connectivity index (χ0n) is 18.4. The Morgan fingerprint density at radius 1 is 1.12 bits per heavy atom. The number of benzene rings is 1. The van der Waals surface area contributed by atoms with Crippen LogP contribution in [0.15, 0.2) is 24.3 Å². The molecule has 2 aliphatic heterocycles. The summed E-state index contributed by atoms with van der Waals surface area (Å²) in [5.74, 6) is 0.898. The molecule has 1 saturated carbocycles. The summed E-state index contributed by atoms with van der Waals surface area (Å²) in [7, 11) is 0. The normalized spacial score (nSPS) is 23.3. The van der Waals surface area contributed by atoms with Gasteiger partial charge in [-0.3, -0.25) is 9.59 Å². The highest BCUT2D eigenvalue weighted by Crippen LogP contribution is 2.41. The second-order valence-electron chi connectivity index (χ2n) is 9.67. The SMILES string of the molecule is O=C(NC1CCCC1)c1nnc2n1CCC1(CC2)CCN(C(=O)Cc2cccc(F)c2)C1. The summed E-state index contributed by atoms with van der Waals surface area (Å²) in [6.45, 7) is 2.13. The predicted octanol–water partition coefficient (Wildman–Crippen LogP) is 2.89. The molecule has 170 valence electrons. The summed E-state index contributed by atoms with van der Waals surface area (Å²) in [4.78, 5) is 27.5. The number of rotatable bonds is 4. The number of nitrogens with zero attached hydrogens (tertiary/aromatic N) is 4. The van der Waals surface area contributed by atoms with Gasteiger partial charge in [-0.2, -0.15) is 0 Å². The molecule has 1 aliphatic carbocycles. The average Bonchev–Trinajstić information content (AvgIpc) is 3.49. The quantitative estimate of drug-likeness (QED) is 0.795. The van der Waals surface area contributed by atoms with E-state index in [0.29, 0.717) is 24.5 Å². The molecule has 8 heteroatoms. The van der Waals surface area contributed by atoms with Crippen LogP contribution < -0.4 is 5.32 Å². The van der Waals surface area contributed by atoms with Crippen molar-refractivity contribution < 1.29 is 14.0 Å². The number of aryl methyl sites for hydroxylation is 1. The Morgan fingerprint density at radius 3 is 2.75 bits per heavy atom. The van der Waals surface area contributed by atoms with Crippen LogP contribution in [0.4, 0.5) is 4.39 Å². The molecule has 3 heterocycles. The van der Waals surface area contributed by atoms with Crippen molar-refractivity contribution in [3.63, 3.8) is 0 Å². The Labute approximate surface area is 187 Å². The maximum absolute atomic E-state index is 13.5. The van der Waals surface area contributed by atoms with Crippen molar-refractivity contribution in [1.82, 2.24) is 25.0 Å². The first-order valence-electron chi connectivity index (χ1n) is 11.8. The van der Waals surface area contributed by atoms with E-state index in [1.54, 1.807) is 12.1 Å². The standard InChI is InChI=1S/C24H30FN5O2/c25-18-5-3-4-17(14-18)15-21(31)29-12-10-24(16-29)9-8-20-27-28-22(30(20)13-11-24)23(32)26-19-6-1-2-7-19/h3-5,14,19H,1-2,6-13,15-16H2,(H,26,32). The van der Waals surface area contributed by atoms with E-state index in [1.807, 2.05) is 9.47 Å². The van der Waals surface area contributed by atoms with Gasteiger partial charge < -0.3 is 14.8 Å². The van der Waals surface area contributed by atoms with E-state index < -0.39 is 0 Å². The highest BCUT2D eigenvalue weighted by molar-refractivity contribution is 5.91. The van der Waals surface area contributed by atoms with Gasteiger partial charge in [0.25, 0.3) is 5.91 Å². The van der Waals surface area contributed by atoms with E-state index in [2.05, 4.69) is 15.5 Å². The highest BCUT2D eigenvalue weighted by atomic mass is 19.1. The number of carbonyl (C=O) groups is 2. The Kier molecular flexibility index (Phi) is 5.69. The molecule has 3 aliphatic rings. The molecule has 2 amide bonds. The minimum atomic E-state index is -0.312. The van der Waals surface area contributed by atoms with Gasteiger partial charge in [-0.25, -0.2) is 4.39 Å². The Morgan fingerprint density at radius 2 is 1.94 bits per heavy atom. The van der Waals surface area contributed by atoms with Gasteiger partial charge in [0, 0.05) is 32.1 Å². The maximum atomic E-state index is 13.5. The molecule has 0 bridgehead atoms. The lowest BCUT2D eigenvalue weighted by atomic mass is 9.80. The number of nitrogens with one attached hydrogen (secondary N) is 1. The number of amides is 2. The summed E-state index contributed by atoms with van der Waals surface area (Å²) in [6.07, 6.45) is 8.17. The van der Waals surface area contributed by atoms with Crippen molar-refractivity contribution in [1.29, 1.82) is 0 Å². The van der Waals surface area contributed by atoms with Gasteiger partial charge in [-0.05, 0) is 55.2 Å². The Bertz CT molecular complexity index is 1020. The van der Waals surface area contributed by atoms with Gasteiger partial charge in [0.1, 0.15) is 11.6 Å². The number of likely N-dealkylation sites (tertiary alicyclic amines) is 1. The summed E-state index contributed by atoms with van der Waals surface area (Å²) in [6, 6.07) is 6.51. The van der Waals surface area contributed by atoms with Gasteiger partial charge >= 0.3 is 0 Å². The first-order chi connectivity index (χ1) is 15.5. The third-order valence-electron chi connectivity index (χ3n) is 7.50. The van der Waals surface area contributed by atoms with Crippen LogP contribution in [0.5, 0.6) is 0 Å². The van der Waals surface area contributed by atoms with Crippen molar-refractivity contribution in [2.24, 2.45) is 5.41 Å². The van der Waals surface area contributed by atoms with Crippen LogP contribution in [-0.4, -0.2) is 50.6 Å². The summed E-state index contributed by atoms with van der Waals surface area (Å²) >= 11 is 0. The highest BCUT2D eigenvalue weighted by Gasteiger charge is 2.41. The maximum Gasteiger partial charge on any atom is 0.289 e. The number of halogens is 1. The number of aromatic nitrogens is 3. The molecule has 1 aromatic carbocycles. The Balaban J connectivity index is 1.22. The second kappa shape index (κ2) is 8.64. The fourth-order valence-electron chi connectivity index (χ4n) is 5.58. The molecule has 1 N–H and O–H groups in total. The first kappa shape index (κ1) is 21.1. The first-order valence-corrected chi connectivity index (χ1v) is 11.8. The second-order valence-corrected chi connectivity index (χ2v) is 9.67. The van der Waals surface area contributed by atoms with Crippen molar-refractivity contribution in [3.05, 3.63) is 47.3 Å². The minimum absolute atomic E-state index is 0.0392. The average molecular weight is 440 g/mol. The predicted molar refractivity (Wildman–Crippen MR) is 116 cm³/mol. The van der Waals surface area contributed by atoms with Crippen molar-refractivity contribution in [3.8, 4) is 0 Å². The van der Waals surface area contributed by atoms with Crippen LogP contribution in [0.1, 0.15) is 67.0 Å². The van der Waals surface area contributed by atoms with Crippen LogP contribution in [0.3, 0.4) is 0 Å². The largest absolute Gasteiger partial charge is 0.347 e. The van der Waals surface area contributed by atoms with E-state index in [9.17, 15) is 14.0 Å². The number of fused-ring (bicyclic) bond motifs is 1. The zero-order chi connectivity index (χ0) is 22.1. The lowest BCUT2D eigenvalue weighted by Gasteiger charge is -2.27. The third kappa shape index (κ3) is 4.27. The van der Waals surface area contributed by atoms with E-state index in [4.69, 9.17) is 0 Å². The van der Waals surface area contributed by atoms with Gasteiger partial charge in [0.2, 0.25) is 11.7 Å². The van der Waals surface area contributed by atoms with Crippen molar-refractivity contribution in [2.45, 2.75) is 70.4 Å². The molecule has 1 atom stereocenters. The molecule has 2 fully saturated rings. The van der Waals surface area contributed by atoms with Crippen LogP contribution >= 0.6 is 0 Å². The van der Waals surface area contributed by atoms with E-state index >= 15 is 0 Å². The van der Waals surface area contributed by atoms with Crippen molar-refractivity contribution in [2.75, 3.05) is 13.1 Å². The number of carbonyl (C=O) groups excluding carboxylic acids is 2. The minimum Gasteiger partial charge on any atom is -0.347 e. The topological polar surface area (TPSA) is 80.1 Å². The molecule has 1 saturated heterocycles. The van der Waals surface area contributed by atoms with E-state index in [0.717, 1.165) is 50.9 Å². The molecule has 1 unspecified atom stereocenters. The van der Waals surface area contributed by atoms with E-state index in [1.165, 1.54) is 25.0 Å². The van der Waals surface area contributed by atoms with E-state index in [-0.39, 0.29) is 35.5 Å². The zero-order valence-corrected chi connectivity index (χ0v) is 18.4. The third-order valence-corrected chi connectivity index (χ3v) is 7.50. The molecule has 7 nitrogen and oxygen atoms in total. The van der Waals surface area contributed by atoms with Crippen LogP contribution in [0, 0.1) is 11.2 Å². The summed E-state index contributed by atoms with van der Waals surface area (Å²) in [5, 5.41) is 11.6. The summed E-state index contributed by atoms with van der Waals surface area (Å²) < 4.78 is 15.4. The lowest BCUT2D eigenvalue weighted by molar-refractivity contribution is -0.129. The molecular formula is C24H30FN5O2. The van der Waals surface area contributed by atoms with Crippen molar-refractivity contribution >= 4 is 11.8 Å². The fourth-order valence-corrected chi connectivity index (χ4v) is 5.58. The molecule has 1 aromatic heterocycles. The molecule has 32 heavy (non-hydrogen) atoms. The Hall–Kier alpha value is -2.77. The van der Waals surface area contributed by atoms with Gasteiger partial charge in [-0.15, -0.1) is 10.2 Å². The van der Waals surface area contributed by atoms with Crippen LogP contribution in [-0.2, 0) is 24.2 Å². The molecule has 1 spiro atoms. The monoisotopic (exact) mass is 439 g/mol. The van der Waals surface area contributed by atoms with Crippen LogP contribution in [0.25, 0.3) is 0 Å². The number of hydrogen-bond acceptors (Lipinski definition) is 4. The smallest absolute Gasteiger partial charge is 0.289 e. The molecule has 5 rings (SSSR count). The summed E-state index contributed by atoms with van der Waals surface area (Å²) in [5.41, 5.74) is 0.748. The molecular weight excluding hydrogens is 409 g/mol. The van der Waals surface area contributed by atoms with Gasteiger partial charge in [0.05, 0.1) is 6.42 Å². The van der Waals surface area contributed by atoms with Gasteiger partial charge in [-0.1, -0.05) is 25.0 Å². The fraction of sp³-hybridized carbons (Fsp3) is 0.583. The number of hydrogen-bond donors (Lipinski definition) is 1. The molecule has 0 radical (unpaired) electrons. The lowest BCUT2D eigenvalue weighted by Crippen LogP contribution is -2.35. The molecule has 2 aromatic rings. The van der Waals surface area contributed by atoms with Crippen LogP contribution in [0.2, 0.25) is 0 Å².